The van der Waals surface area contributed by atoms with Gasteiger partial charge >= 0.3 is 0 Å². The van der Waals surface area contributed by atoms with Gasteiger partial charge in [0.2, 0.25) is 5.91 Å². The first kappa shape index (κ1) is 17.0. The van der Waals surface area contributed by atoms with Gasteiger partial charge in [0.05, 0.1) is 12.0 Å². The minimum absolute atomic E-state index is 0.181. The highest BCUT2D eigenvalue weighted by Gasteiger charge is 2.49. The number of likely N-dealkylation sites (tertiary alicyclic amines) is 2. The minimum Gasteiger partial charge on any atom is -0.375 e. The molecule has 1 aromatic rings. The number of piperidine rings is 1. The molecule has 7 nitrogen and oxygen atoms in total. The first-order chi connectivity index (χ1) is 12.2. The summed E-state index contributed by atoms with van der Waals surface area (Å²) < 4.78 is 10.2. The molecule has 138 valence electrons. The molecule has 2 saturated heterocycles. The van der Waals surface area contributed by atoms with Crippen LogP contribution in [0.2, 0.25) is 0 Å². The summed E-state index contributed by atoms with van der Waals surface area (Å²) in [5.41, 5.74) is -0.181. The number of methoxy groups -OCH3 is 1. The topological polar surface area (TPSA) is 71.7 Å². The molecule has 2 aliphatic heterocycles. The van der Waals surface area contributed by atoms with Crippen LogP contribution in [0.3, 0.4) is 0 Å². The molecule has 1 amide bonds. The van der Waals surface area contributed by atoms with Crippen molar-refractivity contribution < 1.29 is 14.1 Å². The molecule has 3 heterocycles. The Morgan fingerprint density at radius 3 is 2.88 bits per heavy atom. The molecule has 1 saturated carbocycles. The SMILES string of the molecule is COCc1nc(CN2CC[C@]3(CCCN(C4CCCC4)C3=O)C2)no1. The maximum Gasteiger partial charge on any atom is 0.252 e. The minimum atomic E-state index is -0.181. The number of hydrogen-bond acceptors (Lipinski definition) is 6. The number of hydrogen-bond donors (Lipinski definition) is 0. The van der Waals surface area contributed by atoms with E-state index in [1.54, 1.807) is 7.11 Å². The Hall–Kier alpha value is -1.47. The van der Waals surface area contributed by atoms with E-state index in [0.29, 0.717) is 36.8 Å². The van der Waals surface area contributed by atoms with Crippen molar-refractivity contribution >= 4 is 5.91 Å². The van der Waals surface area contributed by atoms with Crippen LogP contribution in [0.1, 0.15) is 56.7 Å². The maximum atomic E-state index is 13.3. The van der Waals surface area contributed by atoms with Crippen LogP contribution in [0, 0.1) is 5.41 Å². The predicted molar refractivity (Wildman–Crippen MR) is 90.5 cm³/mol. The van der Waals surface area contributed by atoms with Gasteiger partial charge in [0, 0.05) is 26.2 Å². The normalized spacial score (nSPS) is 28.5. The first-order valence-corrected chi connectivity index (χ1v) is 9.54. The number of rotatable bonds is 5. The third-order valence-electron chi connectivity index (χ3n) is 6.11. The molecule has 0 radical (unpaired) electrons. The van der Waals surface area contributed by atoms with E-state index in [0.717, 1.165) is 38.9 Å². The smallest absolute Gasteiger partial charge is 0.252 e. The van der Waals surface area contributed by atoms with Crippen molar-refractivity contribution in [3.63, 3.8) is 0 Å². The van der Waals surface area contributed by atoms with E-state index in [2.05, 4.69) is 19.9 Å². The second-order valence-electron chi connectivity index (χ2n) is 7.82. The Bertz CT molecular complexity index is 613. The number of carbonyl (C=O) groups is 1. The quantitative estimate of drug-likeness (QED) is 0.810. The molecule has 0 unspecified atom stereocenters. The van der Waals surface area contributed by atoms with Crippen LogP contribution in [0.25, 0.3) is 0 Å². The highest BCUT2D eigenvalue weighted by molar-refractivity contribution is 5.84. The summed E-state index contributed by atoms with van der Waals surface area (Å²) >= 11 is 0. The van der Waals surface area contributed by atoms with E-state index < -0.39 is 0 Å². The van der Waals surface area contributed by atoms with Crippen LogP contribution >= 0.6 is 0 Å². The van der Waals surface area contributed by atoms with Crippen molar-refractivity contribution in [1.82, 2.24) is 19.9 Å². The molecule has 3 aliphatic rings. The van der Waals surface area contributed by atoms with Crippen LogP contribution in [0.5, 0.6) is 0 Å². The molecule has 1 spiro atoms. The molecule has 4 rings (SSSR count). The average molecular weight is 348 g/mol. The van der Waals surface area contributed by atoms with Gasteiger partial charge in [-0.1, -0.05) is 18.0 Å². The summed E-state index contributed by atoms with van der Waals surface area (Å²) in [6, 6.07) is 0.493. The molecular formula is C18H28N4O3. The van der Waals surface area contributed by atoms with E-state index in [1.165, 1.54) is 25.7 Å². The fourth-order valence-corrected chi connectivity index (χ4v) is 4.87. The summed E-state index contributed by atoms with van der Waals surface area (Å²) in [6.45, 7) is 3.69. The number of amides is 1. The van der Waals surface area contributed by atoms with Crippen molar-refractivity contribution in [2.24, 2.45) is 5.41 Å². The summed E-state index contributed by atoms with van der Waals surface area (Å²) in [7, 11) is 1.61. The van der Waals surface area contributed by atoms with Crippen molar-refractivity contribution in [2.45, 2.75) is 64.1 Å². The van der Waals surface area contributed by atoms with Gasteiger partial charge < -0.3 is 14.2 Å². The van der Waals surface area contributed by atoms with Crippen LogP contribution in [-0.2, 0) is 22.7 Å². The maximum absolute atomic E-state index is 13.3. The highest BCUT2D eigenvalue weighted by atomic mass is 16.5. The van der Waals surface area contributed by atoms with Crippen LogP contribution in [0.4, 0.5) is 0 Å². The summed E-state index contributed by atoms with van der Waals surface area (Å²) in [5, 5.41) is 4.03. The van der Waals surface area contributed by atoms with E-state index in [4.69, 9.17) is 9.26 Å². The van der Waals surface area contributed by atoms with Gasteiger partial charge in [-0.05, 0) is 38.6 Å². The first-order valence-electron chi connectivity index (χ1n) is 9.54. The van der Waals surface area contributed by atoms with Gasteiger partial charge in [-0.2, -0.15) is 4.98 Å². The van der Waals surface area contributed by atoms with Crippen LogP contribution in [-0.4, -0.2) is 58.6 Å². The zero-order valence-corrected chi connectivity index (χ0v) is 15.1. The lowest BCUT2D eigenvalue weighted by Gasteiger charge is -2.42. The number of nitrogens with zero attached hydrogens (tertiary/aromatic N) is 4. The third-order valence-corrected chi connectivity index (χ3v) is 6.11. The van der Waals surface area contributed by atoms with Crippen molar-refractivity contribution in [3.05, 3.63) is 11.7 Å². The molecule has 25 heavy (non-hydrogen) atoms. The van der Waals surface area contributed by atoms with E-state index >= 15 is 0 Å². The lowest BCUT2D eigenvalue weighted by molar-refractivity contribution is -0.148. The second kappa shape index (κ2) is 7.03. The predicted octanol–water partition coefficient (Wildman–Crippen LogP) is 1.97. The Morgan fingerprint density at radius 2 is 2.08 bits per heavy atom. The Morgan fingerprint density at radius 1 is 1.24 bits per heavy atom. The lowest BCUT2D eigenvalue weighted by atomic mass is 9.77. The Balaban J connectivity index is 1.40. The zero-order chi connectivity index (χ0) is 17.3. The summed E-state index contributed by atoms with van der Waals surface area (Å²) in [5.74, 6) is 1.59. The van der Waals surface area contributed by atoms with Crippen molar-refractivity contribution in [3.8, 4) is 0 Å². The molecule has 7 heteroatoms. The molecule has 1 aromatic heterocycles. The van der Waals surface area contributed by atoms with Gasteiger partial charge in [-0.25, -0.2) is 0 Å². The number of ether oxygens (including phenoxy) is 1. The average Bonchev–Trinajstić information content (AvgIpc) is 3.34. The number of carbonyl (C=O) groups excluding carboxylic acids is 1. The van der Waals surface area contributed by atoms with Crippen LogP contribution in [0.15, 0.2) is 4.52 Å². The second-order valence-corrected chi connectivity index (χ2v) is 7.82. The largest absolute Gasteiger partial charge is 0.375 e. The van der Waals surface area contributed by atoms with Crippen LogP contribution < -0.4 is 0 Å². The van der Waals surface area contributed by atoms with Gasteiger partial charge in [-0.3, -0.25) is 9.69 Å². The lowest BCUT2D eigenvalue weighted by Crippen LogP contribution is -2.53. The zero-order valence-electron chi connectivity index (χ0n) is 15.1. The Labute approximate surface area is 148 Å². The highest BCUT2D eigenvalue weighted by Crippen LogP contribution is 2.42. The molecular weight excluding hydrogens is 320 g/mol. The van der Waals surface area contributed by atoms with Gasteiger partial charge in [0.15, 0.2) is 5.82 Å². The molecule has 0 bridgehead atoms. The fraction of sp³-hybridized carbons (Fsp3) is 0.833. The van der Waals surface area contributed by atoms with E-state index in [-0.39, 0.29) is 5.41 Å². The molecule has 1 atom stereocenters. The summed E-state index contributed by atoms with van der Waals surface area (Å²) in [4.78, 5) is 22.1. The van der Waals surface area contributed by atoms with Gasteiger partial charge in [0.25, 0.3) is 5.89 Å². The van der Waals surface area contributed by atoms with E-state index in [1.807, 2.05) is 0 Å². The monoisotopic (exact) mass is 348 g/mol. The molecule has 0 N–H and O–H groups in total. The van der Waals surface area contributed by atoms with Crippen molar-refractivity contribution in [1.29, 1.82) is 0 Å². The molecule has 0 aromatic carbocycles. The van der Waals surface area contributed by atoms with Crippen molar-refractivity contribution in [2.75, 3.05) is 26.7 Å². The van der Waals surface area contributed by atoms with E-state index in [9.17, 15) is 4.79 Å². The standard InChI is InChI=1S/C18H28N4O3/c1-24-12-16-19-15(20-25-16)11-21-10-8-18(13-21)7-4-9-22(17(18)23)14-5-2-3-6-14/h14H,2-13H2,1H3/t18-/m1/s1. The number of aromatic nitrogens is 2. The third kappa shape index (κ3) is 3.31. The van der Waals surface area contributed by atoms with Gasteiger partial charge in [0.1, 0.15) is 6.61 Å². The molecule has 1 aliphatic carbocycles. The fourth-order valence-electron chi connectivity index (χ4n) is 4.87. The molecule has 3 fully saturated rings. The Kier molecular flexibility index (Phi) is 4.78. The summed E-state index contributed by atoms with van der Waals surface area (Å²) in [6.07, 6.45) is 8.04. The van der Waals surface area contributed by atoms with Gasteiger partial charge in [-0.15, -0.1) is 0 Å².